The molecule has 0 saturated heterocycles. The fourth-order valence-electron chi connectivity index (χ4n) is 2.80. The fourth-order valence-corrected chi connectivity index (χ4v) is 3.73. The molecule has 160 valence electrons. The van der Waals surface area contributed by atoms with E-state index < -0.39 is 16.0 Å². The lowest BCUT2D eigenvalue weighted by Gasteiger charge is -2.09. The monoisotopic (exact) mass is 431 g/mol. The van der Waals surface area contributed by atoms with Gasteiger partial charge in [0.15, 0.2) is 6.61 Å². The van der Waals surface area contributed by atoms with Gasteiger partial charge < -0.3 is 9.47 Å². The molecule has 0 aliphatic rings. The Morgan fingerprint density at radius 2 is 1.70 bits per heavy atom. The van der Waals surface area contributed by atoms with Gasteiger partial charge in [-0.05, 0) is 74.3 Å². The molecule has 8 heteroatoms. The highest BCUT2D eigenvalue weighted by Gasteiger charge is 2.18. The quantitative estimate of drug-likeness (QED) is 0.392. The van der Waals surface area contributed by atoms with E-state index in [1.165, 1.54) is 32.4 Å². The minimum atomic E-state index is -3.73. The number of ether oxygens (including phenoxy) is 2. The maximum Gasteiger partial charge on any atom is 0.331 e. The molecule has 7 nitrogen and oxygen atoms in total. The highest BCUT2D eigenvalue weighted by molar-refractivity contribution is 7.89. The summed E-state index contributed by atoms with van der Waals surface area (Å²) in [6.07, 6.45) is 2.54. The molecule has 2 rings (SSSR count). The molecular formula is C22H25NO6S. The van der Waals surface area contributed by atoms with Crippen molar-refractivity contribution >= 4 is 27.9 Å². The number of hydrogen-bond donors (Lipinski definition) is 1. The van der Waals surface area contributed by atoms with Crippen LogP contribution in [0.25, 0.3) is 6.08 Å². The van der Waals surface area contributed by atoms with Crippen LogP contribution in [0.4, 0.5) is 0 Å². The van der Waals surface area contributed by atoms with E-state index in [1.54, 1.807) is 12.1 Å². The zero-order valence-electron chi connectivity index (χ0n) is 17.6. The number of Topliss-reactive ketones (excluding diaryl/α,β-unsaturated/α-hetero) is 1. The maximum atomic E-state index is 12.4. The van der Waals surface area contributed by atoms with Crippen LogP contribution >= 0.6 is 0 Å². The van der Waals surface area contributed by atoms with Crippen LogP contribution in [0, 0.1) is 20.8 Å². The van der Waals surface area contributed by atoms with Gasteiger partial charge in [0.1, 0.15) is 10.6 Å². The number of benzene rings is 2. The Kier molecular flexibility index (Phi) is 7.53. The van der Waals surface area contributed by atoms with Crippen molar-refractivity contribution in [1.82, 2.24) is 4.72 Å². The van der Waals surface area contributed by atoms with E-state index in [2.05, 4.69) is 4.72 Å². The van der Waals surface area contributed by atoms with Crippen molar-refractivity contribution in [2.45, 2.75) is 25.7 Å². The van der Waals surface area contributed by atoms with Crippen molar-refractivity contribution in [3.63, 3.8) is 0 Å². The molecule has 2 aromatic rings. The Morgan fingerprint density at radius 3 is 2.33 bits per heavy atom. The van der Waals surface area contributed by atoms with Crippen molar-refractivity contribution in [2.75, 3.05) is 20.8 Å². The van der Waals surface area contributed by atoms with Gasteiger partial charge in [-0.15, -0.1) is 0 Å². The van der Waals surface area contributed by atoms with Crippen LogP contribution in [-0.2, 0) is 19.6 Å². The van der Waals surface area contributed by atoms with Crippen LogP contribution in [-0.4, -0.2) is 40.9 Å². The maximum absolute atomic E-state index is 12.4. The van der Waals surface area contributed by atoms with Gasteiger partial charge >= 0.3 is 5.97 Å². The number of aryl methyl sites for hydroxylation is 3. The van der Waals surface area contributed by atoms with Gasteiger partial charge in [0.25, 0.3) is 0 Å². The van der Waals surface area contributed by atoms with Crippen LogP contribution in [0.3, 0.4) is 0 Å². The minimum absolute atomic E-state index is 0.0524. The predicted octanol–water partition coefficient (Wildman–Crippen LogP) is 2.97. The summed E-state index contributed by atoms with van der Waals surface area (Å²) in [4.78, 5) is 24.3. The van der Waals surface area contributed by atoms with Crippen LogP contribution < -0.4 is 9.46 Å². The summed E-state index contributed by atoms with van der Waals surface area (Å²) in [5.41, 5.74) is 3.88. The number of sulfonamides is 1. The summed E-state index contributed by atoms with van der Waals surface area (Å²) < 4.78 is 36.6. The lowest BCUT2D eigenvalue weighted by Crippen LogP contribution is -2.19. The van der Waals surface area contributed by atoms with Crippen molar-refractivity contribution in [3.8, 4) is 5.75 Å². The van der Waals surface area contributed by atoms with Crippen LogP contribution in [0.5, 0.6) is 5.75 Å². The third kappa shape index (κ3) is 5.55. The van der Waals surface area contributed by atoms with E-state index in [0.29, 0.717) is 11.1 Å². The third-order valence-corrected chi connectivity index (χ3v) is 6.08. The SMILES string of the molecule is CNS(=O)(=O)c1cc(/C=C/C(=O)OCC(=O)c2cc(C)c(C)cc2C)ccc1OC. The first-order valence-corrected chi connectivity index (χ1v) is 10.6. The van der Waals surface area contributed by atoms with Crippen LogP contribution in [0.2, 0.25) is 0 Å². The van der Waals surface area contributed by atoms with Gasteiger partial charge in [-0.1, -0.05) is 12.1 Å². The van der Waals surface area contributed by atoms with Gasteiger partial charge in [-0.25, -0.2) is 17.9 Å². The molecule has 0 fully saturated rings. The van der Waals surface area contributed by atoms with Gasteiger partial charge in [-0.3, -0.25) is 4.79 Å². The van der Waals surface area contributed by atoms with E-state index >= 15 is 0 Å². The second-order valence-corrected chi connectivity index (χ2v) is 8.59. The number of hydrogen-bond acceptors (Lipinski definition) is 6. The minimum Gasteiger partial charge on any atom is -0.495 e. The number of rotatable bonds is 8. The van der Waals surface area contributed by atoms with Crippen LogP contribution in [0.1, 0.15) is 32.6 Å². The zero-order valence-corrected chi connectivity index (χ0v) is 18.4. The Morgan fingerprint density at radius 1 is 1.03 bits per heavy atom. The lowest BCUT2D eigenvalue weighted by atomic mass is 9.98. The molecule has 1 N–H and O–H groups in total. The van der Waals surface area contributed by atoms with Crippen LogP contribution in [0.15, 0.2) is 41.3 Å². The second kappa shape index (κ2) is 9.69. The Bertz CT molecular complexity index is 1100. The first-order valence-electron chi connectivity index (χ1n) is 9.16. The first kappa shape index (κ1) is 23.3. The van der Waals surface area contributed by atoms with Gasteiger partial charge in [-0.2, -0.15) is 0 Å². The Hall–Kier alpha value is -2.97. The highest BCUT2D eigenvalue weighted by Crippen LogP contribution is 2.25. The number of ketones is 1. The smallest absolute Gasteiger partial charge is 0.331 e. The molecule has 0 heterocycles. The molecule has 30 heavy (non-hydrogen) atoms. The molecule has 0 aromatic heterocycles. The molecule has 0 unspecified atom stereocenters. The van der Waals surface area contributed by atoms with Crippen molar-refractivity contribution in [3.05, 3.63) is 64.2 Å². The number of methoxy groups -OCH3 is 1. The first-order chi connectivity index (χ1) is 14.1. The average molecular weight is 432 g/mol. The summed E-state index contributed by atoms with van der Waals surface area (Å²) in [5, 5.41) is 0. The topological polar surface area (TPSA) is 98.8 Å². The van der Waals surface area contributed by atoms with E-state index in [-0.39, 0.29) is 23.0 Å². The molecule has 0 spiro atoms. The van der Waals surface area contributed by atoms with Crippen molar-refractivity contribution < 1.29 is 27.5 Å². The van der Waals surface area contributed by atoms with E-state index in [1.807, 2.05) is 26.8 Å². The number of carbonyl (C=O) groups excluding carboxylic acids is 2. The molecular weight excluding hydrogens is 406 g/mol. The summed E-state index contributed by atoms with van der Waals surface area (Å²) in [6, 6.07) is 8.17. The Labute approximate surface area is 176 Å². The third-order valence-electron chi connectivity index (χ3n) is 4.64. The van der Waals surface area contributed by atoms with Gasteiger partial charge in [0.05, 0.1) is 7.11 Å². The van der Waals surface area contributed by atoms with Crippen molar-refractivity contribution in [2.24, 2.45) is 0 Å². The molecule has 2 aromatic carbocycles. The number of esters is 1. The average Bonchev–Trinajstić information content (AvgIpc) is 2.72. The predicted molar refractivity (Wildman–Crippen MR) is 114 cm³/mol. The number of carbonyl (C=O) groups is 2. The van der Waals surface area contributed by atoms with E-state index in [4.69, 9.17) is 9.47 Å². The highest BCUT2D eigenvalue weighted by atomic mass is 32.2. The summed E-state index contributed by atoms with van der Waals surface area (Å²) >= 11 is 0. The Balaban J connectivity index is 2.09. The molecule has 0 aliphatic carbocycles. The zero-order chi connectivity index (χ0) is 22.5. The van der Waals surface area contributed by atoms with Gasteiger partial charge in [0.2, 0.25) is 15.8 Å². The second-order valence-electron chi connectivity index (χ2n) is 6.73. The molecule has 0 bridgehead atoms. The van der Waals surface area contributed by atoms with Crippen molar-refractivity contribution in [1.29, 1.82) is 0 Å². The summed E-state index contributed by atoms with van der Waals surface area (Å²) in [7, 11) is -1.07. The molecule has 0 radical (unpaired) electrons. The molecule has 0 saturated carbocycles. The number of nitrogens with one attached hydrogen (secondary N) is 1. The largest absolute Gasteiger partial charge is 0.495 e. The summed E-state index contributed by atoms with van der Waals surface area (Å²) in [6.45, 7) is 5.34. The van der Waals surface area contributed by atoms with E-state index in [0.717, 1.165) is 22.8 Å². The normalized spacial score (nSPS) is 11.5. The molecule has 0 amide bonds. The fraction of sp³-hybridized carbons (Fsp3) is 0.273. The molecule has 0 atom stereocenters. The lowest BCUT2D eigenvalue weighted by molar-refractivity contribution is -0.136. The van der Waals surface area contributed by atoms with E-state index in [9.17, 15) is 18.0 Å². The molecule has 0 aliphatic heterocycles. The summed E-state index contributed by atoms with van der Waals surface area (Å²) in [5.74, 6) is -0.818. The standard InChI is InChI=1S/C22H25NO6S/c1-14-10-16(3)18(11-15(14)2)19(24)13-29-22(25)9-7-17-6-8-20(28-5)21(12-17)30(26,27)23-4/h6-12,23H,13H2,1-5H3/b9-7+. The van der Waals surface area contributed by atoms with Gasteiger partial charge in [0, 0.05) is 11.6 Å².